The maximum absolute atomic E-state index is 12.0. The van der Waals surface area contributed by atoms with E-state index in [1.807, 2.05) is 0 Å². The molecule has 0 atom stereocenters. The van der Waals surface area contributed by atoms with Crippen LogP contribution in [-0.4, -0.2) is 54.6 Å². The number of nitrogens with zero attached hydrogens (tertiary/aromatic N) is 7. The molecule has 0 unspecified atom stereocenters. The minimum atomic E-state index is -0.560. The first-order valence-corrected chi connectivity index (χ1v) is 6.89. The number of carbonyl (C=O) groups is 1. The summed E-state index contributed by atoms with van der Waals surface area (Å²) >= 11 is 5.91. The molecule has 3 heterocycles. The summed E-state index contributed by atoms with van der Waals surface area (Å²) in [6, 6.07) is 5.05. The molecule has 0 radical (unpaired) electrons. The average molecular weight is 334 g/mol. The minimum Gasteiger partial charge on any atom is -0.389 e. The topological polar surface area (TPSA) is 91.0 Å². The first-order chi connectivity index (χ1) is 11.1. The van der Waals surface area contributed by atoms with Crippen LogP contribution in [0.3, 0.4) is 0 Å². The molecular formula is C13H12ClN7O2. The van der Waals surface area contributed by atoms with E-state index in [0.717, 1.165) is 0 Å². The highest BCUT2D eigenvalue weighted by Gasteiger charge is 2.21. The molecule has 118 valence electrons. The second kappa shape index (κ2) is 6.05. The van der Waals surface area contributed by atoms with Crippen molar-refractivity contribution in [1.29, 1.82) is 0 Å². The summed E-state index contributed by atoms with van der Waals surface area (Å²) in [6.45, 7) is 0. The van der Waals surface area contributed by atoms with Gasteiger partial charge in [0.15, 0.2) is 5.82 Å². The maximum Gasteiger partial charge on any atom is 0.416 e. The Bertz CT molecular complexity index is 829. The number of pyridine rings is 1. The van der Waals surface area contributed by atoms with Crippen LogP contribution >= 0.6 is 11.6 Å². The summed E-state index contributed by atoms with van der Waals surface area (Å²) in [7, 11) is 3.16. The first-order valence-electron chi connectivity index (χ1n) is 6.51. The average Bonchev–Trinajstić information content (AvgIpc) is 3.16. The molecule has 0 aromatic carbocycles. The van der Waals surface area contributed by atoms with Crippen LogP contribution in [0.15, 0.2) is 37.1 Å². The molecule has 10 heteroatoms. The van der Waals surface area contributed by atoms with Crippen molar-refractivity contribution in [2.45, 2.75) is 0 Å². The first kappa shape index (κ1) is 15.0. The maximum atomic E-state index is 12.0. The van der Waals surface area contributed by atoms with Crippen molar-refractivity contribution in [3.8, 4) is 17.4 Å². The Balaban J connectivity index is 2.11. The molecule has 0 aliphatic heterocycles. The summed E-state index contributed by atoms with van der Waals surface area (Å²) in [5, 5.41) is 8.53. The Hall–Kier alpha value is -2.94. The van der Waals surface area contributed by atoms with Gasteiger partial charge in [-0.3, -0.25) is 0 Å². The normalized spacial score (nSPS) is 10.6. The van der Waals surface area contributed by atoms with Crippen LogP contribution in [0.25, 0.3) is 11.5 Å². The second-order valence-corrected chi connectivity index (χ2v) is 5.05. The molecule has 3 rings (SSSR count). The number of ether oxygens (including phenoxy) is 1. The third-order valence-electron chi connectivity index (χ3n) is 2.84. The van der Waals surface area contributed by atoms with Crippen LogP contribution in [0.2, 0.25) is 5.15 Å². The highest BCUT2D eigenvalue weighted by Crippen LogP contribution is 2.25. The molecule has 1 amide bonds. The third-order valence-corrected chi connectivity index (χ3v) is 3.05. The smallest absolute Gasteiger partial charge is 0.389 e. The van der Waals surface area contributed by atoms with Gasteiger partial charge in [-0.2, -0.15) is 14.9 Å². The molecular weight excluding hydrogens is 322 g/mol. The summed E-state index contributed by atoms with van der Waals surface area (Å²) in [6.07, 6.45) is 3.78. The van der Waals surface area contributed by atoms with Crippen LogP contribution in [0.1, 0.15) is 0 Å². The van der Waals surface area contributed by atoms with E-state index in [9.17, 15) is 4.79 Å². The van der Waals surface area contributed by atoms with Gasteiger partial charge in [0.1, 0.15) is 23.5 Å². The van der Waals surface area contributed by atoms with E-state index in [1.54, 1.807) is 32.3 Å². The Kier molecular flexibility index (Phi) is 3.94. The van der Waals surface area contributed by atoms with Crippen molar-refractivity contribution in [2.75, 3.05) is 14.1 Å². The fourth-order valence-corrected chi connectivity index (χ4v) is 1.93. The van der Waals surface area contributed by atoms with Crippen molar-refractivity contribution in [3.63, 3.8) is 0 Å². The van der Waals surface area contributed by atoms with Crippen molar-refractivity contribution in [3.05, 3.63) is 42.2 Å². The van der Waals surface area contributed by atoms with Crippen LogP contribution in [-0.2, 0) is 0 Å². The van der Waals surface area contributed by atoms with Crippen molar-refractivity contribution < 1.29 is 9.53 Å². The zero-order chi connectivity index (χ0) is 16.4. The molecule has 3 aromatic heterocycles. The lowest BCUT2D eigenvalue weighted by Gasteiger charge is -2.13. The number of hydrogen-bond acceptors (Lipinski definition) is 6. The van der Waals surface area contributed by atoms with Gasteiger partial charge in [0.05, 0.1) is 6.20 Å². The molecule has 0 fully saturated rings. The zero-order valence-corrected chi connectivity index (χ0v) is 13.0. The zero-order valence-electron chi connectivity index (χ0n) is 12.3. The number of rotatable bonds is 3. The van der Waals surface area contributed by atoms with Gasteiger partial charge in [0, 0.05) is 14.1 Å². The number of halogens is 1. The van der Waals surface area contributed by atoms with Crippen LogP contribution in [0, 0.1) is 0 Å². The lowest BCUT2D eigenvalue weighted by atomic mass is 10.4. The Labute approximate surface area is 136 Å². The predicted octanol–water partition coefficient (Wildman–Crippen LogP) is 1.56. The van der Waals surface area contributed by atoms with Crippen molar-refractivity contribution >= 4 is 17.7 Å². The summed E-state index contributed by atoms with van der Waals surface area (Å²) < 4.78 is 8.21. The van der Waals surface area contributed by atoms with Gasteiger partial charge < -0.3 is 9.64 Å². The molecule has 9 nitrogen and oxygen atoms in total. The predicted molar refractivity (Wildman–Crippen MR) is 81.0 cm³/mol. The van der Waals surface area contributed by atoms with E-state index in [4.69, 9.17) is 16.3 Å². The Morgan fingerprint density at radius 2 is 2.13 bits per heavy atom. The van der Waals surface area contributed by atoms with Crippen LogP contribution < -0.4 is 4.74 Å². The molecule has 0 spiro atoms. The van der Waals surface area contributed by atoms with Crippen LogP contribution in [0.4, 0.5) is 4.79 Å². The van der Waals surface area contributed by atoms with Gasteiger partial charge in [0.2, 0.25) is 0 Å². The highest BCUT2D eigenvalue weighted by atomic mass is 35.5. The second-order valence-electron chi connectivity index (χ2n) is 4.67. The van der Waals surface area contributed by atoms with E-state index < -0.39 is 6.09 Å². The summed E-state index contributed by atoms with van der Waals surface area (Å²) in [5.74, 6) is 0.564. The van der Waals surface area contributed by atoms with E-state index in [0.29, 0.717) is 16.7 Å². The fraction of sp³-hybridized carbons (Fsp3) is 0.154. The van der Waals surface area contributed by atoms with E-state index in [1.165, 1.54) is 33.1 Å². The largest absolute Gasteiger partial charge is 0.416 e. The molecule has 3 aromatic rings. The quantitative estimate of drug-likeness (QED) is 0.675. The number of hydrogen-bond donors (Lipinski definition) is 0. The molecule has 0 N–H and O–H groups in total. The van der Waals surface area contributed by atoms with Gasteiger partial charge in [-0.15, -0.1) is 0 Å². The molecule has 0 bridgehead atoms. The lowest BCUT2D eigenvalue weighted by molar-refractivity contribution is 0.168. The standard InChI is InChI=1S/C13H12ClN7O2/c1-19(2)13(22)23-12-9(20-8-15-7-17-20)6-16-21(12)11-5-3-4-10(14)18-11/h3-8H,1-2H3. The fourth-order valence-electron chi connectivity index (χ4n) is 1.77. The lowest BCUT2D eigenvalue weighted by Crippen LogP contribution is -2.26. The number of aromatic nitrogens is 6. The van der Waals surface area contributed by atoms with E-state index in [2.05, 4.69) is 20.2 Å². The SMILES string of the molecule is CN(C)C(=O)Oc1c(-n2cncn2)cnn1-c1cccc(Cl)n1. The van der Waals surface area contributed by atoms with Crippen molar-refractivity contribution in [2.24, 2.45) is 0 Å². The number of amides is 1. The molecule has 0 aliphatic rings. The highest BCUT2D eigenvalue weighted by molar-refractivity contribution is 6.29. The molecule has 0 aliphatic carbocycles. The summed E-state index contributed by atoms with van der Waals surface area (Å²) in [4.78, 5) is 21.3. The molecule has 0 saturated heterocycles. The molecule has 23 heavy (non-hydrogen) atoms. The van der Waals surface area contributed by atoms with Gasteiger partial charge in [0.25, 0.3) is 5.88 Å². The van der Waals surface area contributed by atoms with E-state index >= 15 is 0 Å². The minimum absolute atomic E-state index is 0.156. The Morgan fingerprint density at radius 3 is 2.78 bits per heavy atom. The summed E-state index contributed by atoms with van der Waals surface area (Å²) in [5.41, 5.74) is 0.444. The van der Waals surface area contributed by atoms with Crippen LogP contribution in [0.5, 0.6) is 5.88 Å². The third kappa shape index (κ3) is 2.99. The van der Waals surface area contributed by atoms with E-state index in [-0.39, 0.29) is 5.88 Å². The monoisotopic (exact) mass is 333 g/mol. The number of carbonyl (C=O) groups excluding carboxylic acids is 1. The Morgan fingerprint density at radius 1 is 1.30 bits per heavy atom. The van der Waals surface area contributed by atoms with Gasteiger partial charge in [-0.25, -0.2) is 19.4 Å². The van der Waals surface area contributed by atoms with Gasteiger partial charge >= 0.3 is 6.09 Å². The van der Waals surface area contributed by atoms with Crippen molar-refractivity contribution in [1.82, 2.24) is 34.4 Å². The van der Waals surface area contributed by atoms with Gasteiger partial charge in [-0.1, -0.05) is 17.7 Å². The molecule has 0 saturated carbocycles. The van der Waals surface area contributed by atoms with Gasteiger partial charge in [-0.05, 0) is 12.1 Å².